The van der Waals surface area contributed by atoms with Crippen molar-refractivity contribution >= 4 is 22.9 Å². The number of benzene rings is 2. The van der Waals surface area contributed by atoms with Crippen molar-refractivity contribution in [2.45, 2.75) is 18.8 Å². The molecule has 0 atom stereocenters. The molecule has 1 aliphatic carbocycles. The summed E-state index contributed by atoms with van der Waals surface area (Å²) in [5, 5.41) is 10.3. The smallest absolute Gasteiger partial charge is 0.291 e. The van der Waals surface area contributed by atoms with Crippen LogP contribution in [0.15, 0.2) is 81.2 Å². The van der Waals surface area contributed by atoms with E-state index in [-0.39, 0.29) is 11.7 Å². The van der Waals surface area contributed by atoms with Crippen molar-refractivity contribution in [3.05, 3.63) is 83.1 Å². The van der Waals surface area contributed by atoms with Gasteiger partial charge in [0.05, 0.1) is 17.0 Å². The minimum Gasteiger partial charge on any atom is -0.459 e. The molecule has 33 heavy (non-hydrogen) atoms. The Morgan fingerprint density at radius 1 is 0.970 bits per heavy atom. The SMILES string of the molecule is O=C(Nc1cccc(-c2nc(-c3cccc(-c4csc(C5CC5)n4)c3)no2)c1)c1ccco1. The average Bonchev–Trinajstić information content (AvgIpc) is 3.29. The highest BCUT2D eigenvalue weighted by atomic mass is 32.1. The largest absolute Gasteiger partial charge is 0.459 e. The van der Waals surface area contributed by atoms with Gasteiger partial charge in [-0.05, 0) is 49.2 Å². The third-order valence-electron chi connectivity index (χ3n) is 5.40. The van der Waals surface area contributed by atoms with Crippen molar-refractivity contribution in [2.75, 3.05) is 5.32 Å². The van der Waals surface area contributed by atoms with E-state index in [2.05, 4.69) is 20.8 Å². The quantitative estimate of drug-likeness (QED) is 0.326. The first-order valence-corrected chi connectivity index (χ1v) is 11.5. The van der Waals surface area contributed by atoms with Crippen LogP contribution < -0.4 is 5.32 Å². The van der Waals surface area contributed by atoms with Gasteiger partial charge < -0.3 is 14.3 Å². The van der Waals surface area contributed by atoms with E-state index in [1.54, 1.807) is 35.6 Å². The maximum absolute atomic E-state index is 12.2. The van der Waals surface area contributed by atoms with Crippen molar-refractivity contribution in [3.8, 4) is 34.1 Å². The van der Waals surface area contributed by atoms with Gasteiger partial charge in [-0.15, -0.1) is 11.3 Å². The molecule has 1 N–H and O–H groups in total. The summed E-state index contributed by atoms with van der Waals surface area (Å²) in [6.45, 7) is 0. The molecule has 162 valence electrons. The lowest BCUT2D eigenvalue weighted by molar-refractivity contribution is 0.0996. The van der Waals surface area contributed by atoms with E-state index in [9.17, 15) is 4.79 Å². The van der Waals surface area contributed by atoms with Crippen molar-refractivity contribution < 1.29 is 13.7 Å². The summed E-state index contributed by atoms with van der Waals surface area (Å²) in [6, 6.07) is 18.5. The topological polar surface area (TPSA) is 94.1 Å². The Labute approximate surface area is 193 Å². The molecule has 3 aromatic heterocycles. The number of rotatable bonds is 6. The second-order valence-electron chi connectivity index (χ2n) is 7.86. The molecule has 6 rings (SSSR count). The van der Waals surface area contributed by atoms with Crippen LogP contribution in [0.25, 0.3) is 34.1 Å². The van der Waals surface area contributed by atoms with E-state index in [1.165, 1.54) is 24.1 Å². The number of thiazole rings is 1. The molecule has 7 nitrogen and oxygen atoms in total. The predicted molar refractivity (Wildman–Crippen MR) is 125 cm³/mol. The normalized spacial score (nSPS) is 13.2. The number of carbonyl (C=O) groups is 1. The number of amides is 1. The summed E-state index contributed by atoms with van der Waals surface area (Å²) >= 11 is 1.73. The zero-order valence-electron chi connectivity index (χ0n) is 17.4. The summed E-state index contributed by atoms with van der Waals surface area (Å²) in [6.07, 6.45) is 3.94. The molecule has 0 bridgehead atoms. The van der Waals surface area contributed by atoms with E-state index in [0.717, 1.165) is 16.8 Å². The Bertz CT molecular complexity index is 1430. The maximum atomic E-state index is 12.2. The highest BCUT2D eigenvalue weighted by Gasteiger charge is 2.26. The maximum Gasteiger partial charge on any atom is 0.291 e. The second kappa shape index (κ2) is 8.14. The molecule has 8 heteroatoms. The molecule has 1 fully saturated rings. The molecular formula is C25H18N4O3S. The molecule has 1 amide bonds. The molecular weight excluding hydrogens is 436 g/mol. The lowest BCUT2D eigenvalue weighted by atomic mass is 10.1. The molecule has 5 aromatic rings. The van der Waals surface area contributed by atoms with Crippen LogP contribution in [0.2, 0.25) is 0 Å². The third kappa shape index (κ3) is 4.08. The van der Waals surface area contributed by atoms with Gasteiger partial charge in [0.25, 0.3) is 11.8 Å². The van der Waals surface area contributed by atoms with E-state index >= 15 is 0 Å². The Balaban J connectivity index is 1.23. The van der Waals surface area contributed by atoms with E-state index in [0.29, 0.717) is 28.9 Å². The van der Waals surface area contributed by atoms with Crippen LogP contribution in [0, 0.1) is 0 Å². The minimum absolute atomic E-state index is 0.240. The highest BCUT2D eigenvalue weighted by Crippen LogP contribution is 2.42. The fourth-order valence-electron chi connectivity index (χ4n) is 3.54. The van der Waals surface area contributed by atoms with Gasteiger partial charge in [-0.1, -0.05) is 29.4 Å². The van der Waals surface area contributed by atoms with Gasteiger partial charge in [-0.2, -0.15) is 4.98 Å². The van der Waals surface area contributed by atoms with Gasteiger partial charge in [-0.25, -0.2) is 4.98 Å². The fourth-order valence-corrected chi connectivity index (χ4v) is 4.54. The van der Waals surface area contributed by atoms with Gasteiger partial charge in [0.2, 0.25) is 5.82 Å². The number of nitrogens with one attached hydrogen (secondary N) is 1. The number of anilines is 1. The molecule has 3 heterocycles. The number of furan rings is 1. The van der Waals surface area contributed by atoms with Gasteiger partial charge in [0.15, 0.2) is 5.76 Å². The van der Waals surface area contributed by atoms with Gasteiger partial charge in [0.1, 0.15) is 0 Å². The first-order chi connectivity index (χ1) is 16.2. The molecule has 2 aromatic carbocycles. The van der Waals surface area contributed by atoms with Crippen LogP contribution in [0.3, 0.4) is 0 Å². The van der Waals surface area contributed by atoms with Crippen LogP contribution in [0.4, 0.5) is 5.69 Å². The molecule has 0 radical (unpaired) electrons. The standard InChI is InChI=1S/C25H18N4O3S/c30-23(21-8-3-11-31-21)26-19-7-2-6-18(13-19)24-28-22(29-32-24)17-5-1-4-16(12-17)20-14-33-25(27-20)15-9-10-15/h1-8,11-15H,9-10H2,(H,26,30). The Morgan fingerprint density at radius 2 is 1.82 bits per heavy atom. The number of carbonyl (C=O) groups excluding carboxylic acids is 1. The van der Waals surface area contributed by atoms with Crippen LogP contribution in [-0.4, -0.2) is 21.0 Å². The summed E-state index contributed by atoms with van der Waals surface area (Å²) in [5.41, 5.74) is 4.17. The van der Waals surface area contributed by atoms with Crippen molar-refractivity contribution in [1.82, 2.24) is 15.1 Å². The van der Waals surface area contributed by atoms with Crippen LogP contribution in [0.5, 0.6) is 0 Å². The van der Waals surface area contributed by atoms with Crippen LogP contribution >= 0.6 is 11.3 Å². The summed E-state index contributed by atoms with van der Waals surface area (Å²) in [4.78, 5) is 21.6. The fraction of sp³-hybridized carbons (Fsp3) is 0.120. The van der Waals surface area contributed by atoms with Crippen molar-refractivity contribution in [1.29, 1.82) is 0 Å². The van der Waals surface area contributed by atoms with Gasteiger partial charge >= 0.3 is 0 Å². The first kappa shape index (κ1) is 19.6. The molecule has 0 saturated heterocycles. The zero-order valence-corrected chi connectivity index (χ0v) is 18.2. The van der Waals surface area contributed by atoms with E-state index < -0.39 is 0 Å². The molecule has 0 aliphatic heterocycles. The first-order valence-electron chi connectivity index (χ1n) is 10.6. The molecule has 0 spiro atoms. The number of aromatic nitrogens is 3. The highest BCUT2D eigenvalue weighted by molar-refractivity contribution is 7.10. The summed E-state index contributed by atoms with van der Waals surface area (Å²) < 4.78 is 10.7. The van der Waals surface area contributed by atoms with Crippen LogP contribution in [0.1, 0.15) is 34.3 Å². The molecule has 1 aliphatic rings. The lowest BCUT2D eigenvalue weighted by Gasteiger charge is -2.04. The lowest BCUT2D eigenvalue weighted by Crippen LogP contribution is -2.10. The van der Waals surface area contributed by atoms with Gasteiger partial charge in [-0.3, -0.25) is 4.79 Å². The third-order valence-corrected chi connectivity index (χ3v) is 6.41. The van der Waals surface area contributed by atoms with Gasteiger partial charge in [0, 0.05) is 33.7 Å². The van der Waals surface area contributed by atoms with Crippen molar-refractivity contribution in [2.24, 2.45) is 0 Å². The number of hydrogen-bond acceptors (Lipinski definition) is 7. The summed E-state index contributed by atoms with van der Waals surface area (Å²) in [5.74, 6) is 1.42. The second-order valence-corrected chi connectivity index (χ2v) is 8.75. The monoisotopic (exact) mass is 454 g/mol. The average molecular weight is 455 g/mol. The Hall–Kier alpha value is -4.04. The van der Waals surface area contributed by atoms with E-state index in [4.69, 9.17) is 13.9 Å². The number of hydrogen-bond donors (Lipinski definition) is 1. The van der Waals surface area contributed by atoms with Crippen LogP contribution in [-0.2, 0) is 0 Å². The van der Waals surface area contributed by atoms with E-state index in [1.807, 2.05) is 36.4 Å². The zero-order chi connectivity index (χ0) is 22.2. The van der Waals surface area contributed by atoms with Crippen molar-refractivity contribution in [3.63, 3.8) is 0 Å². The number of nitrogens with zero attached hydrogens (tertiary/aromatic N) is 3. The molecule has 1 saturated carbocycles. The minimum atomic E-state index is -0.327. The Kier molecular flexibility index (Phi) is 4.84. The predicted octanol–water partition coefficient (Wildman–Crippen LogP) is 6.25. The molecule has 0 unspecified atom stereocenters. The summed E-state index contributed by atoms with van der Waals surface area (Å²) in [7, 11) is 0. The Morgan fingerprint density at radius 3 is 2.67 bits per heavy atom.